The summed E-state index contributed by atoms with van der Waals surface area (Å²) in [6.07, 6.45) is 1.57. The van der Waals surface area contributed by atoms with Crippen molar-refractivity contribution in [1.82, 2.24) is 23.6 Å². The summed E-state index contributed by atoms with van der Waals surface area (Å²) in [7, 11) is -3.90. The normalized spacial score (nSPS) is 16.1. The Morgan fingerprint density at radius 1 is 1.13 bits per heavy atom. The molecule has 8 nitrogen and oxygen atoms in total. The first kappa shape index (κ1) is 21.8. The Bertz CT molecular complexity index is 1230. The number of halogens is 2. The highest BCUT2D eigenvalue weighted by Crippen LogP contribution is 2.21. The zero-order valence-corrected chi connectivity index (χ0v) is 18.4. The van der Waals surface area contributed by atoms with Gasteiger partial charge < -0.3 is 4.42 Å². The minimum atomic E-state index is -3.90. The van der Waals surface area contributed by atoms with E-state index in [0.717, 1.165) is 12.1 Å². The summed E-state index contributed by atoms with van der Waals surface area (Å²) in [6, 6.07) is 6.21. The van der Waals surface area contributed by atoms with Crippen molar-refractivity contribution in [3.63, 3.8) is 0 Å². The van der Waals surface area contributed by atoms with E-state index in [0.29, 0.717) is 48.7 Å². The fraction of sp³-hybridized carbons (Fsp3) is 0.368. The Labute approximate surface area is 183 Å². The molecular weight excluding hydrogens is 448 g/mol. The molecule has 0 radical (unpaired) electrons. The monoisotopic (exact) mass is 469 g/mol. The molecule has 1 saturated heterocycles. The fourth-order valence-electron chi connectivity index (χ4n) is 3.49. The van der Waals surface area contributed by atoms with Crippen LogP contribution in [0.15, 0.2) is 45.9 Å². The minimum Gasteiger partial charge on any atom is -0.461 e. The van der Waals surface area contributed by atoms with Crippen LogP contribution in [0.2, 0.25) is 0 Å². The average Bonchev–Trinajstić information content (AvgIpc) is 3.39. The van der Waals surface area contributed by atoms with Gasteiger partial charge in [-0.3, -0.25) is 9.47 Å². The fourth-order valence-corrected chi connectivity index (χ4v) is 5.24. The highest BCUT2D eigenvalue weighted by molar-refractivity contribution is 7.89. The number of hydrogen-bond acceptors (Lipinski definition) is 6. The lowest BCUT2D eigenvalue weighted by atomic mass is 10.3. The van der Waals surface area contributed by atoms with Crippen molar-refractivity contribution >= 4 is 22.2 Å². The molecule has 1 aliphatic rings. The second kappa shape index (κ2) is 8.61. The molecule has 1 fully saturated rings. The lowest BCUT2D eigenvalue weighted by molar-refractivity contribution is 0.144. The first-order chi connectivity index (χ1) is 14.8. The zero-order valence-electron chi connectivity index (χ0n) is 16.7. The molecule has 3 aromatic rings. The maximum Gasteiger partial charge on any atom is 0.243 e. The Kier molecular flexibility index (Phi) is 6.06. The molecule has 0 unspecified atom stereocenters. The molecule has 1 aromatic carbocycles. The van der Waals surface area contributed by atoms with Gasteiger partial charge in [0.15, 0.2) is 28.0 Å². The molecular formula is C19H21F2N5O3S2. The summed E-state index contributed by atoms with van der Waals surface area (Å²) in [5.74, 6) is -1.01. The standard InChI is InChI=1S/C19H21F2N5O3S2/c1-2-25-18(17-4-3-11-29-17)22-26(19(25)30)13-23-7-9-24(10-8-23)31(27,28)14-5-6-15(20)16(21)12-14/h3-6,11-12H,2,7-10,13H2,1H3. The molecule has 0 atom stereocenters. The van der Waals surface area contributed by atoms with Crippen LogP contribution >= 0.6 is 12.2 Å². The van der Waals surface area contributed by atoms with Crippen LogP contribution in [0, 0.1) is 16.4 Å². The zero-order chi connectivity index (χ0) is 22.2. The van der Waals surface area contributed by atoms with Gasteiger partial charge in [-0.15, -0.1) is 5.10 Å². The van der Waals surface area contributed by atoms with E-state index in [4.69, 9.17) is 16.6 Å². The van der Waals surface area contributed by atoms with Gasteiger partial charge >= 0.3 is 0 Å². The minimum absolute atomic E-state index is 0.216. The van der Waals surface area contributed by atoms with Gasteiger partial charge in [-0.25, -0.2) is 21.9 Å². The van der Waals surface area contributed by atoms with Gasteiger partial charge in [0.25, 0.3) is 0 Å². The second-order valence-electron chi connectivity index (χ2n) is 7.07. The smallest absolute Gasteiger partial charge is 0.243 e. The quantitative estimate of drug-likeness (QED) is 0.517. The van der Waals surface area contributed by atoms with Gasteiger partial charge in [0.05, 0.1) is 17.8 Å². The van der Waals surface area contributed by atoms with Crippen molar-refractivity contribution in [2.45, 2.75) is 25.0 Å². The summed E-state index contributed by atoms with van der Waals surface area (Å²) in [4.78, 5) is 1.78. The van der Waals surface area contributed by atoms with E-state index in [1.807, 2.05) is 22.5 Å². The van der Waals surface area contributed by atoms with Crippen molar-refractivity contribution < 1.29 is 21.6 Å². The van der Waals surface area contributed by atoms with E-state index in [-0.39, 0.29) is 18.0 Å². The molecule has 0 N–H and O–H groups in total. The summed E-state index contributed by atoms with van der Waals surface area (Å²) in [5.41, 5.74) is 0. The van der Waals surface area contributed by atoms with Crippen LogP contribution in [0.3, 0.4) is 0 Å². The molecule has 2 aromatic heterocycles. The molecule has 31 heavy (non-hydrogen) atoms. The Balaban J connectivity index is 1.46. The second-order valence-corrected chi connectivity index (χ2v) is 9.37. The Morgan fingerprint density at radius 2 is 1.87 bits per heavy atom. The van der Waals surface area contributed by atoms with Crippen molar-refractivity contribution in [3.05, 3.63) is 53.0 Å². The van der Waals surface area contributed by atoms with Gasteiger partial charge in [-0.1, -0.05) is 0 Å². The number of furan rings is 1. The number of hydrogen-bond donors (Lipinski definition) is 0. The predicted octanol–water partition coefficient (Wildman–Crippen LogP) is 2.94. The molecule has 12 heteroatoms. The van der Waals surface area contributed by atoms with Crippen molar-refractivity contribution in [1.29, 1.82) is 0 Å². The summed E-state index contributed by atoms with van der Waals surface area (Å²) >= 11 is 5.55. The van der Waals surface area contributed by atoms with Gasteiger partial charge in [0.2, 0.25) is 10.0 Å². The highest BCUT2D eigenvalue weighted by atomic mass is 32.2. The van der Waals surface area contributed by atoms with E-state index in [2.05, 4.69) is 5.10 Å². The molecule has 4 rings (SSSR count). The molecule has 1 aliphatic heterocycles. The molecule has 0 bridgehead atoms. The predicted molar refractivity (Wildman–Crippen MR) is 111 cm³/mol. The molecule has 0 saturated carbocycles. The summed E-state index contributed by atoms with van der Waals surface area (Å²) in [6.45, 7) is 4.33. The molecule has 0 spiro atoms. The van der Waals surface area contributed by atoms with E-state index in [1.54, 1.807) is 17.0 Å². The number of rotatable bonds is 6. The largest absolute Gasteiger partial charge is 0.461 e. The van der Waals surface area contributed by atoms with Gasteiger partial charge in [-0.05, 0) is 49.5 Å². The Morgan fingerprint density at radius 3 is 2.48 bits per heavy atom. The molecule has 166 valence electrons. The molecule has 0 amide bonds. The van der Waals surface area contributed by atoms with E-state index < -0.39 is 21.7 Å². The number of aromatic nitrogens is 3. The molecule has 3 heterocycles. The lowest BCUT2D eigenvalue weighted by Gasteiger charge is -2.33. The summed E-state index contributed by atoms with van der Waals surface area (Å²) < 4.78 is 63.0. The first-order valence-corrected chi connectivity index (χ1v) is 11.5. The van der Waals surface area contributed by atoms with Gasteiger partial charge in [0.1, 0.15) is 0 Å². The third-order valence-electron chi connectivity index (χ3n) is 5.17. The SMILES string of the molecule is CCn1c(-c2ccco2)nn(CN2CCN(S(=O)(=O)c3ccc(F)c(F)c3)CC2)c1=S. The lowest BCUT2D eigenvalue weighted by Crippen LogP contribution is -2.49. The van der Waals surface area contributed by atoms with Crippen LogP contribution in [0.4, 0.5) is 8.78 Å². The van der Waals surface area contributed by atoms with Crippen LogP contribution in [-0.2, 0) is 23.2 Å². The van der Waals surface area contributed by atoms with Crippen LogP contribution in [-0.4, -0.2) is 58.1 Å². The van der Waals surface area contributed by atoms with Crippen LogP contribution in [0.5, 0.6) is 0 Å². The van der Waals surface area contributed by atoms with E-state index in [9.17, 15) is 17.2 Å². The number of benzene rings is 1. The maximum atomic E-state index is 13.5. The molecule has 0 aliphatic carbocycles. The third kappa shape index (κ3) is 4.20. The number of piperazine rings is 1. The van der Waals surface area contributed by atoms with E-state index >= 15 is 0 Å². The van der Waals surface area contributed by atoms with Crippen LogP contribution in [0.1, 0.15) is 6.92 Å². The van der Waals surface area contributed by atoms with Crippen molar-refractivity contribution in [3.8, 4) is 11.6 Å². The third-order valence-corrected chi connectivity index (χ3v) is 7.50. The number of nitrogens with zero attached hydrogens (tertiary/aromatic N) is 5. The van der Waals surface area contributed by atoms with Crippen LogP contribution < -0.4 is 0 Å². The van der Waals surface area contributed by atoms with Crippen LogP contribution in [0.25, 0.3) is 11.6 Å². The average molecular weight is 470 g/mol. The highest BCUT2D eigenvalue weighted by Gasteiger charge is 2.29. The van der Waals surface area contributed by atoms with Gasteiger partial charge in [0, 0.05) is 32.7 Å². The van der Waals surface area contributed by atoms with Gasteiger partial charge in [-0.2, -0.15) is 4.31 Å². The van der Waals surface area contributed by atoms with Crippen molar-refractivity contribution in [2.75, 3.05) is 26.2 Å². The topological polar surface area (TPSA) is 76.5 Å². The number of sulfonamides is 1. The first-order valence-electron chi connectivity index (χ1n) is 9.70. The Hall–Kier alpha value is -2.41. The summed E-state index contributed by atoms with van der Waals surface area (Å²) in [5, 5.41) is 4.58. The van der Waals surface area contributed by atoms with Crippen molar-refractivity contribution in [2.24, 2.45) is 0 Å². The van der Waals surface area contributed by atoms with E-state index in [1.165, 1.54) is 4.31 Å². The maximum absolute atomic E-state index is 13.5.